The molecule has 0 aromatic carbocycles. The van der Waals surface area contributed by atoms with E-state index in [4.69, 9.17) is 4.74 Å². The Balaban J connectivity index is 2.31. The molecule has 0 aliphatic carbocycles. The van der Waals surface area contributed by atoms with Gasteiger partial charge in [0.05, 0.1) is 6.42 Å². The van der Waals surface area contributed by atoms with Crippen LogP contribution in [0.2, 0.25) is 0 Å². The van der Waals surface area contributed by atoms with Crippen LogP contribution in [-0.2, 0) is 4.74 Å². The number of hydrogen-bond donors (Lipinski definition) is 1. The highest BCUT2D eigenvalue weighted by Crippen LogP contribution is 2.27. The molecule has 0 spiro atoms. The summed E-state index contributed by atoms with van der Waals surface area (Å²) in [7, 11) is 1.59. The lowest BCUT2D eigenvalue weighted by Gasteiger charge is -2.27. The number of rotatable bonds is 4. The molecular weight excluding hydrogens is 207 g/mol. The zero-order valence-electron chi connectivity index (χ0n) is 8.94. The van der Waals surface area contributed by atoms with Crippen molar-refractivity contribution in [2.75, 3.05) is 20.3 Å². The van der Waals surface area contributed by atoms with Gasteiger partial charge in [-0.3, -0.25) is 0 Å². The van der Waals surface area contributed by atoms with E-state index in [0.29, 0.717) is 25.6 Å². The average Bonchev–Trinajstić information content (AvgIpc) is 2.16. The predicted molar refractivity (Wildman–Crippen MR) is 51.7 cm³/mol. The minimum absolute atomic E-state index is 0.374. The average molecular weight is 225 g/mol. The zero-order chi connectivity index (χ0) is 11.3. The molecule has 90 valence electrons. The lowest BCUT2D eigenvalue weighted by Crippen LogP contribution is -2.34. The van der Waals surface area contributed by atoms with Crippen molar-refractivity contribution in [3.63, 3.8) is 0 Å². The second kappa shape index (κ2) is 5.70. The first-order valence-corrected chi connectivity index (χ1v) is 5.33. The van der Waals surface area contributed by atoms with Crippen LogP contribution in [0.1, 0.15) is 25.7 Å². The maximum absolute atomic E-state index is 12.2. The van der Waals surface area contributed by atoms with Crippen molar-refractivity contribution in [3.05, 3.63) is 0 Å². The third-order valence-electron chi connectivity index (χ3n) is 2.84. The van der Waals surface area contributed by atoms with Gasteiger partial charge in [0.2, 0.25) is 0 Å². The standard InChI is InChI=1S/C10H18F3NO/c1-14-9(7-10(11,12)13)6-8-2-4-15-5-3-8/h8-9,14H,2-7H2,1H3. The Morgan fingerprint density at radius 1 is 1.33 bits per heavy atom. The van der Waals surface area contributed by atoms with Crippen molar-refractivity contribution in [1.29, 1.82) is 0 Å². The molecule has 1 N–H and O–H groups in total. The molecule has 1 fully saturated rings. The smallest absolute Gasteiger partial charge is 0.381 e. The van der Waals surface area contributed by atoms with Gasteiger partial charge in [-0.05, 0) is 32.2 Å². The van der Waals surface area contributed by atoms with Crippen molar-refractivity contribution in [1.82, 2.24) is 5.32 Å². The molecule has 1 aliphatic rings. The molecule has 1 aliphatic heterocycles. The van der Waals surface area contributed by atoms with Crippen LogP contribution < -0.4 is 5.32 Å². The van der Waals surface area contributed by atoms with Gasteiger partial charge in [-0.2, -0.15) is 13.2 Å². The predicted octanol–water partition coefficient (Wildman–Crippen LogP) is 2.34. The monoisotopic (exact) mass is 225 g/mol. The van der Waals surface area contributed by atoms with Crippen molar-refractivity contribution >= 4 is 0 Å². The van der Waals surface area contributed by atoms with Gasteiger partial charge in [0.15, 0.2) is 0 Å². The first kappa shape index (κ1) is 12.8. The summed E-state index contributed by atoms with van der Waals surface area (Å²) < 4.78 is 41.7. The molecule has 1 atom stereocenters. The molecule has 2 nitrogen and oxygen atoms in total. The van der Waals surface area contributed by atoms with Gasteiger partial charge in [0, 0.05) is 19.3 Å². The van der Waals surface area contributed by atoms with E-state index in [0.717, 1.165) is 12.8 Å². The van der Waals surface area contributed by atoms with Gasteiger partial charge >= 0.3 is 6.18 Å². The molecule has 0 saturated carbocycles. The Morgan fingerprint density at radius 3 is 2.40 bits per heavy atom. The van der Waals surface area contributed by atoms with Gasteiger partial charge in [-0.1, -0.05) is 0 Å². The van der Waals surface area contributed by atoms with Crippen molar-refractivity contribution < 1.29 is 17.9 Å². The fraction of sp³-hybridized carbons (Fsp3) is 1.00. The van der Waals surface area contributed by atoms with Crippen LogP contribution >= 0.6 is 0 Å². The van der Waals surface area contributed by atoms with Crippen LogP contribution in [0.25, 0.3) is 0 Å². The molecule has 0 amide bonds. The Morgan fingerprint density at radius 2 is 1.93 bits per heavy atom. The normalized spacial score (nSPS) is 21.6. The van der Waals surface area contributed by atoms with Gasteiger partial charge in [0.25, 0.3) is 0 Å². The summed E-state index contributed by atoms with van der Waals surface area (Å²) in [4.78, 5) is 0. The Kier molecular flexibility index (Phi) is 4.86. The molecular formula is C10H18F3NO. The molecule has 0 aromatic heterocycles. The van der Waals surface area contributed by atoms with E-state index in [-0.39, 0.29) is 0 Å². The highest BCUT2D eigenvalue weighted by Gasteiger charge is 2.32. The van der Waals surface area contributed by atoms with E-state index in [2.05, 4.69) is 5.32 Å². The lowest BCUT2D eigenvalue weighted by atomic mass is 9.91. The summed E-state index contributed by atoms with van der Waals surface area (Å²) in [5.74, 6) is 0.374. The molecule has 5 heteroatoms. The summed E-state index contributed by atoms with van der Waals surface area (Å²) in [5.41, 5.74) is 0. The molecule has 0 aromatic rings. The fourth-order valence-corrected chi connectivity index (χ4v) is 1.97. The van der Waals surface area contributed by atoms with Crippen LogP contribution in [0.5, 0.6) is 0 Å². The largest absolute Gasteiger partial charge is 0.390 e. The van der Waals surface area contributed by atoms with Gasteiger partial charge in [0.1, 0.15) is 0 Å². The second-order valence-corrected chi connectivity index (χ2v) is 4.10. The van der Waals surface area contributed by atoms with Crippen molar-refractivity contribution in [3.8, 4) is 0 Å². The van der Waals surface area contributed by atoms with Crippen LogP contribution in [0.4, 0.5) is 13.2 Å². The summed E-state index contributed by atoms with van der Waals surface area (Å²) in [6.07, 6.45) is -2.44. The zero-order valence-corrected chi connectivity index (χ0v) is 8.94. The first-order valence-electron chi connectivity index (χ1n) is 5.33. The maximum atomic E-state index is 12.2. The van der Waals surface area contributed by atoms with E-state index in [1.807, 2.05) is 0 Å². The van der Waals surface area contributed by atoms with Crippen molar-refractivity contribution in [2.45, 2.75) is 37.9 Å². The van der Waals surface area contributed by atoms with Crippen LogP contribution in [0.15, 0.2) is 0 Å². The summed E-state index contributed by atoms with van der Waals surface area (Å²) in [6.45, 7) is 1.38. The highest BCUT2D eigenvalue weighted by molar-refractivity contribution is 4.75. The first-order chi connectivity index (χ1) is 7.01. The Hall–Kier alpha value is -0.290. The van der Waals surface area contributed by atoms with Crippen LogP contribution in [-0.4, -0.2) is 32.5 Å². The third-order valence-corrected chi connectivity index (χ3v) is 2.84. The second-order valence-electron chi connectivity index (χ2n) is 4.10. The molecule has 1 rings (SSSR count). The summed E-state index contributed by atoms with van der Waals surface area (Å²) in [6, 6.07) is -0.451. The topological polar surface area (TPSA) is 21.3 Å². The Bertz CT molecular complexity index is 178. The highest BCUT2D eigenvalue weighted by atomic mass is 19.4. The fourth-order valence-electron chi connectivity index (χ4n) is 1.97. The van der Waals surface area contributed by atoms with Gasteiger partial charge in [-0.15, -0.1) is 0 Å². The number of ether oxygens (including phenoxy) is 1. The lowest BCUT2D eigenvalue weighted by molar-refractivity contribution is -0.141. The third kappa shape index (κ3) is 5.37. The van der Waals surface area contributed by atoms with Gasteiger partial charge in [-0.25, -0.2) is 0 Å². The van der Waals surface area contributed by atoms with Gasteiger partial charge < -0.3 is 10.1 Å². The molecule has 15 heavy (non-hydrogen) atoms. The van der Waals surface area contributed by atoms with Crippen LogP contribution in [0.3, 0.4) is 0 Å². The summed E-state index contributed by atoms with van der Waals surface area (Å²) in [5, 5.41) is 2.75. The SMILES string of the molecule is CNC(CC1CCOCC1)CC(F)(F)F. The minimum Gasteiger partial charge on any atom is -0.381 e. The van der Waals surface area contributed by atoms with Crippen molar-refractivity contribution in [2.24, 2.45) is 5.92 Å². The number of halogens is 3. The number of hydrogen-bond acceptors (Lipinski definition) is 2. The van der Waals surface area contributed by atoms with E-state index in [1.165, 1.54) is 0 Å². The molecule has 1 unspecified atom stereocenters. The quantitative estimate of drug-likeness (QED) is 0.793. The van der Waals surface area contributed by atoms with E-state index in [9.17, 15) is 13.2 Å². The molecule has 1 heterocycles. The number of nitrogens with one attached hydrogen (secondary N) is 1. The van der Waals surface area contributed by atoms with E-state index >= 15 is 0 Å². The molecule has 1 saturated heterocycles. The number of alkyl halides is 3. The summed E-state index contributed by atoms with van der Waals surface area (Å²) >= 11 is 0. The molecule has 0 radical (unpaired) electrons. The minimum atomic E-state index is -4.07. The maximum Gasteiger partial charge on any atom is 0.390 e. The Labute approximate surface area is 88.2 Å². The van der Waals surface area contributed by atoms with E-state index < -0.39 is 18.6 Å². The molecule has 0 bridgehead atoms. The van der Waals surface area contributed by atoms with Crippen LogP contribution in [0, 0.1) is 5.92 Å². The van der Waals surface area contributed by atoms with E-state index in [1.54, 1.807) is 7.05 Å².